The number of aliphatic hydroxyl groups excluding tert-OH is 1. The van der Waals surface area contributed by atoms with E-state index in [-0.39, 0.29) is 5.91 Å². The Morgan fingerprint density at radius 3 is 2.88 bits per heavy atom. The van der Waals surface area contributed by atoms with E-state index in [1.54, 1.807) is 12.0 Å². The van der Waals surface area contributed by atoms with Crippen LogP contribution in [-0.2, 0) is 0 Å². The van der Waals surface area contributed by atoms with Crippen LogP contribution in [0.2, 0.25) is 0 Å². The number of aliphatic hydroxyl groups is 1. The normalized spacial score (nSPS) is 19.8. The zero-order chi connectivity index (χ0) is 12.6. The van der Waals surface area contributed by atoms with Crippen LogP contribution in [-0.4, -0.2) is 42.2 Å². The Morgan fingerprint density at radius 1 is 1.65 bits per heavy atom. The first-order valence-corrected chi connectivity index (χ1v) is 6.95. The Bertz CT molecular complexity index is 446. The Kier molecular flexibility index (Phi) is 3.75. The molecule has 6 heteroatoms. The zero-order valence-corrected chi connectivity index (χ0v) is 12.1. The molecule has 0 aliphatic carbocycles. The number of β-amino-alcohol motifs (C(OH)–C–C–N with tert-alkyl or cyclic N) is 1. The average molecular weight is 320 g/mol. The van der Waals surface area contributed by atoms with Gasteiger partial charge in [0.25, 0.3) is 5.91 Å². The van der Waals surface area contributed by atoms with Gasteiger partial charge in [-0.25, -0.2) is 0 Å². The van der Waals surface area contributed by atoms with Crippen molar-refractivity contribution in [1.29, 1.82) is 0 Å². The maximum atomic E-state index is 12.3. The van der Waals surface area contributed by atoms with Crippen LogP contribution >= 0.6 is 27.3 Å². The van der Waals surface area contributed by atoms with Crippen molar-refractivity contribution in [3.63, 3.8) is 0 Å². The number of carbonyl (C=O) groups excluding carboxylic acids is 1. The highest BCUT2D eigenvalue weighted by molar-refractivity contribution is 9.10. The van der Waals surface area contributed by atoms with Gasteiger partial charge in [0, 0.05) is 18.0 Å². The quantitative estimate of drug-likeness (QED) is 0.907. The second-order valence-electron chi connectivity index (χ2n) is 4.03. The Morgan fingerprint density at radius 2 is 2.35 bits per heavy atom. The molecule has 17 heavy (non-hydrogen) atoms. The van der Waals surface area contributed by atoms with E-state index in [4.69, 9.17) is 4.74 Å². The number of likely N-dealkylation sites (tertiary alicyclic amines) is 1. The molecule has 0 radical (unpaired) electrons. The van der Waals surface area contributed by atoms with Crippen molar-refractivity contribution in [3.8, 4) is 5.75 Å². The molecule has 0 aromatic carbocycles. The molecule has 94 valence electrons. The first kappa shape index (κ1) is 12.9. The van der Waals surface area contributed by atoms with Gasteiger partial charge in [-0.3, -0.25) is 4.79 Å². The molecule has 1 aliphatic rings. The maximum absolute atomic E-state index is 12.3. The van der Waals surface area contributed by atoms with E-state index < -0.39 is 6.10 Å². The van der Waals surface area contributed by atoms with Gasteiger partial charge in [0.05, 0.1) is 17.7 Å². The van der Waals surface area contributed by atoms with Crippen LogP contribution in [0.5, 0.6) is 5.75 Å². The van der Waals surface area contributed by atoms with Crippen LogP contribution in [0.3, 0.4) is 0 Å². The highest BCUT2D eigenvalue weighted by atomic mass is 79.9. The summed E-state index contributed by atoms with van der Waals surface area (Å²) in [5.74, 6) is 0.538. The molecule has 1 aromatic rings. The molecule has 1 aromatic heterocycles. The molecule has 1 aliphatic heterocycles. The van der Waals surface area contributed by atoms with Gasteiger partial charge in [-0.15, -0.1) is 11.3 Å². The SMILES string of the molecule is COc1c(C(=O)N2CC[C@@H](O)C2)sc(C)c1Br. The molecule has 0 spiro atoms. The van der Waals surface area contributed by atoms with E-state index in [1.807, 2.05) is 6.92 Å². The van der Waals surface area contributed by atoms with E-state index >= 15 is 0 Å². The monoisotopic (exact) mass is 319 g/mol. The van der Waals surface area contributed by atoms with Crippen molar-refractivity contribution < 1.29 is 14.6 Å². The molecule has 0 saturated carbocycles. The zero-order valence-electron chi connectivity index (χ0n) is 9.70. The van der Waals surface area contributed by atoms with Crippen molar-refractivity contribution in [1.82, 2.24) is 4.90 Å². The number of rotatable bonds is 2. The van der Waals surface area contributed by atoms with Crippen LogP contribution < -0.4 is 4.74 Å². The Balaban J connectivity index is 2.28. The largest absolute Gasteiger partial charge is 0.494 e. The van der Waals surface area contributed by atoms with Crippen molar-refractivity contribution in [2.24, 2.45) is 0 Å². The third-order valence-electron chi connectivity index (χ3n) is 2.82. The number of hydrogen-bond acceptors (Lipinski definition) is 4. The minimum absolute atomic E-state index is 0.0581. The summed E-state index contributed by atoms with van der Waals surface area (Å²) in [6.07, 6.45) is 0.258. The Hall–Kier alpha value is -0.590. The van der Waals surface area contributed by atoms with E-state index in [0.717, 1.165) is 9.35 Å². The lowest BCUT2D eigenvalue weighted by Gasteiger charge is -2.15. The number of carbonyl (C=O) groups is 1. The molecule has 1 atom stereocenters. The standard InChI is InChI=1S/C11H14BrNO3S/c1-6-8(12)9(16-2)10(17-6)11(15)13-4-3-7(14)5-13/h7,14H,3-5H2,1-2H3/t7-/m1/s1. The fourth-order valence-electron chi connectivity index (χ4n) is 1.90. The topological polar surface area (TPSA) is 49.8 Å². The second kappa shape index (κ2) is 4.96. The van der Waals surface area contributed by atoms with Gasteiger partial charge in [0.1, 0.15) is 4.88 Å². The summed E-state index contributed by atoms with van der Waals surface area (Å²) < 4.78 is 6.10. The molecule has 2 rings (SSSR count). The molecule has 1 saturated heterocycles. The summed E-state index contributed by atoms with van der Waals surface area (Å²) in [7, 11) is 1.56. The third kappa shape index (κ3) is 2.34. The van der Waals surface area contributed by atoms with Crippen molar-refractivity contribution in [3.05, 3.63) is 14.2 Å². The van der Waals surface area contributed by atoms with Gasteiger partial charge in [0.2, 0.25) is 0 Å². The minimum Gasteiger partial charge on any atom is -0.494 e. The lowest BCUT2D eigenvalue weighted by molar-refractivity contribution is 0.0766. The van der Waals surface area contributed by atoms with Crippen LogP contribution in [0.1, 0.15) is 21.0 Å². The van der Waals surface area contributed by atoms with Gasteiger partial charge >= 0.3 is 0 Å². The average Bonchev–Trinajstić information content (AvgIpc) is 2.84. The summed E-state index contributed by atoms with van der Waals surface area (Å²) >= 11 is 4.83. The number of amides is 1. The first-order chi connectivity index (χ1) is 8.04. The summed E-state index contributed by atoms with van der Waals surface area (Å²) in [6.45, 7) is 2.96. The maximum Gasteiger partial charge on any atom is 0.267 e. The first-order valence-electron chi connectivity index (χ1n) is 5.34. The van der Waals surface area contributed by atoms with E-state index in [9.17, 15) is 9.90 Å². The number of methoxy groups -OCH3 is 1. The number of halogens is 1. The predicted octanol–water partition coefficient (Wildman–Crippen LogP) is 2.03. The molecule has 2 heterocycles. The molecule has 1 fully saturated rings. The summed E-state index contributed by atoms with van der Waals surface area (Å²) in [5, 5.41) is 9.45. The van der Waals surface area contributed by atoms with Crippen LogP contribution in [0.15, 0.2) is 4.47 Å². The van der Waals surface area contributed by atoms with E-state index in [0.29, 0.717) is 30.1 Å². The number of nitrogens with zero attached hydrogens (tertiary/aromatic N) is 1. The van der Waals surface area contributed by atoms with E-state index in [1.165, 1.54) is 11.3 Å². The minimum atomic E-state index is -0.394. The molecule has 1 amide bonds. The lowest BCUT2D eigenvalue weighted by Crippen LogP contribution is -2.29. The lowest BCUT2D eigenvalue weighted by atomic mass is 10.3. The number of thiophene rings is 1. The predicted molar refractivity (Wildman–Crippen MR) is 69.8 cm³/mol. The Labute approximate surface area is 112 Å². The summed E-state index contributed by atoms with van der Waals surface area (Å²) in [6, 6.07) is 0. The molecular weight excluding hydrogens is 306 g/mol. The van der Waals surface area contributed by atoms with Crippen molar-refractivity contribution in [2.75, 3.05) is 20.2 Å². The molecule has 0 bridgehead atoms. The van der Waals surface area contributed by atoms with Gasteiger partial charge in [-0.2, -0.15) is 0 Å². The molecule has 0 unspecified atom stereocenters. The van der Waals surface area contributed by atoms with Gasteiger partial charge in [-0.1, -0.05) is 0 Å². The van der Waals surface area contributed by atoms with Gasteiger partial charge < -0.3 is 14.7 Å². The molecule has 4 nitrogen and oxygen atoms in total. The highest BCUT2D eigenvalue weighted by Gasteiger charge is 2.29. The van der Waals surface area contributed by atoms with Crippen LogP contribution in [0.25, 0.3) is 0 Å². The van der Waals surface area contributed by atoms with Crippen molar-refractivity contribution >= 4 is 33.2 Å². The van der Waals surface area contributed by atoms with Gasteiger partial charge in [0.15, 0.2) is 5.75 Å². The van der Waals surface area contributed by atoms with Crippen LogP contribution in [0.4, 0.5) is 0 Å². The smallest absolute Gasteiger partial charge is 0.267 e. The molecular formula is C11H14BrNO3S. The number of hydrogen-bond donors (Lipinski definition) is 1. The fraction of sp³-hybridized carbons (Fsp3) is 0.545. The molecule has 1 N–H and O–H groups in total. The second-order valence-corrected chi connectivity index (χ2v) is 6.05. The highest BCUT2D eigenvalue weighted by Crippen LogP contribution is 2.40. The number of ether oxygens (including phenoxy) is 1. The summed E-state index contributed by atoms with van der Waals surface area (Å²) in [5.41, 5.74) is 0. The van der Waals surface area contributed by atoms with Crippen molar-refractivity contribution in [2.45, 2.75) is 19.4 Å². The fourth-order valence-corrected chi connectivity index (χ4v) is 3.61. The number of aryl methyl sites for hydroxylation is 1. The third-order valence-corrected chi connectivity index (χ3v) is 5.11. The summed E-state index contributed by atoms with van der Waals surface area (Å²) in [4.78, 5) is 15.6. The van der Waals surface area contributed by atoms with Gasteiger partial charge in [-0.05, 0) is 29.3 Å². The van der Waals surface area contributed by atoms with Crippen LogP contribution in [0, 0.1) is 6.92 Å². The van der Waals surface area contributed by atoms with E-state index in [2.05, 4.69) is 15.9 Å².